The van der Waals surface area contributed by atoms with Crippen LogP contribution < -0.4 is 4.90 Å². The highest BCUT2D eigenvalue weighted by molar-refractivity contribution is 7.99. The largest absolute Gasteiger partial charge is 0.372 e. The molecular formula is C18H24N6S2. The molecule has 26 heavy (non-hydrogen) atoms. The highest BCUT2D eigenvalue weighted by Crippen LogP contribution is 2.36. The second-order valence-electron chi connectivity index (χ2n) is 6.00. The first kappa shape index (κ1) is 18.8. The molecule has 6 nitrogen and oxygen atoms in total. The molecule has 0 bridgehead atoms. The van der Waals surface area contributed by atoms with E-state index in [9.17, 15) is 0 Å². The summed E-state index contributed by atoms with van der Waals surface area (Å²) >= 11 is 3.28. The zero-order valence-corrected chi connectivity index (χ0v) is 17.4. The van der Waals surface area contributed by atoms with E-state index in [4.69, 9.17) is 0 Å². The van der Waals surface area contributed by atoms with E-state index in [0.717, 1.165) is 39.6 Å². The molecule has 0 aliphatic heterocycles. The van der Waals surface area contributed by atoms with E-state index in [2.05, 4.69) is 70.3 Å². The average molecular weight is 389 g/mol. The van der Waals surface area contributed by atoms with Crippen LogP contribution in [-0.2, 0) is 7.05 Å². The second-order valence-corrected chi connectivity index (χ2v) is 8.52. The van der Waals surface area contributed by atoms with Crippen LogP contribution in [0.3, 0.4) is 0 Å². The fraction of sp³-hybridized carbons (Fsp3) is 0.444. The van der Waals surface area contributed by atoms with Gasteiger partial charge in [-0.15, -0.1) is 31.7 Å². The maximum Gasteiger partial charge on any atom is 0.191 e. The highest BCUT2D eigenvalue weighted by Gasteiger charge is 2.18. The normalized spacial score (nSPS) is 12.3. The molecule has 0 spiro atoms. The lowest BCUT2D eigenvalue weighted by molar-refractivity contribution is 0.789. The lowest BCUT2D eigenvalue weighted by atomic mass is 10.2. The summed E-state index contributed by atoms with van der Waals surface area (Å²) in [6, 6.07) is 8.53. The Kier molecular flexibility index (Phi) is 5.93. The van der Waals surface area contributed by atoms with Gasteiger partial charge in [-0.25, -0.2) is 0 Å². The van der Waals surface area contributed by atoms with Crippen LogP contribution in [0.1, 0.15) is 36.0 Å². The molecule has 2 heterocycles. The fourth-order valence-electron chi connectivity index (χ4n) is 2.76. The maximum atomic E-state index is 4.40. The molecule has 0 saturated carbocycles. The predicted octanol–water partition coefficient (Wildman–Crippen LogP) is 4.34. The van der Waals surface area contributed by atoms with Crippen molar-refractivity contribution in [2.75, 3.05) is 18.0 Å². The van der Waals surface area contributed by atoms with E-state index < -0.39 is 0 Å². The van der Waals surface area contributed by atoms with Crippen LogP contribution in [0.25, 0.3) is 11.4 Å². The maximum absolute atomic E-state index is 4.40. The first-order chi connectivity index (χ1) is 12.5. The summed E-state index contributed by atoms with van der Waals surface area (Å²) in [7, 11) is 2.01. The van der Waals surface area contributed by atoms with Crippen LogP contribution >= 0.6 is 23.1 Å². The van der Waals surface area contributed by atoms with Crippen molar-refractivity contribution in [3.63, 3.8) is 0 Å². The molecule has 0 N–H and O–H groups in total. The minimum absolute atomic E-state index is 0.196. The quantitative estimate of drug-likeness (QED) is 0.561. The van der Waals surface area contributed by atoms with Gasteiger partial charge in [0.2, 0.25) is 0 Å². The van der Waals surface area contributed by atoms with Crippen molar-refractivity contribution in [2.45, 2.75) is 38.1 Å². The molecule has 1 aromatic carbocycles. The Hall–Kier alpha value is -1.93. The summed E-state index contributed by atoms with van der Waals surface area (Å²) < 4.78 is 2.04. The predicted molar refractivity (Wildman–Crippen MR) is 109 cm³/mol. The molecule has 1 unspecified atom stereocenters. The molecule has 0 amide bonds. The zero-order valence-electron chi connectivity index (χ0n) is 15.8. The summed E-state index contributed by atoms with van der Waals surface area (Å²) in [5.74, 6) is 0.874. The van der Waals surface area contributed by atoms with E-state index in [1.807, 2.05) is 18.5 Å². The van der Waals surface area contributed by atoms with Crippen molar-refractivity contribution in [3.8, 4) is 11.4 Å². The van der Waals surface area contributed by atoms with Crippen LogP contribution in [0, 0.1) is 6.92 Å². The van der Waals surface area contributed by atoms with E-state index in [1.165, 1.54) is 5.69 Å². The van der Waals surface area contributed by atoms with Gasteiger partial charge in [-0.05, 0) is 52.0 Å². The zero-order chi connectivity index (χ0) is 18.7. The lowest BCUT2D eigenvalue weighted by Gasteiger charge is -2.21. The van der Waals surface area contributed by atoms with Gasteiger partial charge in [0.15, 0.2) is 11.0 Å². The van der Waals surface area contributed by atoms with Crippen molar-refractivity contribution in [3.05, 3.63) is 34.3 Å². The second kappa shape index (κ2) is 8.18. The van der Waals surface area contributed by atoms with E-state index >= 15 is 0 Å². The van der Waals surface area contributed by atoms with Crippen LogP contribution in [0.4, 0.5) is 5.69 Å². The van der Waals surface area contributed by atoms with Crippen molar-refractivity contribution in [2.24, 2.45) is 7.05 Å². The van der Waals surface area contributed by atoms with Gasteiger partial charge in [0.1, 0.15) is 10.0 Å². The summed E-state index contributed by atoms with van der Waals surface area (Å²) in [5.41, 5.74) is 2.30. The van der Waals surface area contributed by atoms with Crippen LogP contribution in [0.15, 0.2) is 29.4 Å². The van der Waals surface area contributed by atoms with Gasteiger partial charge in [0.25, 0.3) is 0 Å². The number of hydrogen-bond acceptors (Lipinski definition) is 7. The third-order valence-electron chi connectivity index (χ3n) is 4.26. The van der Waals surface area contributed by atoms with Crippen molar-refractivity contribution in [1.82, 2.24) is 25.0 Å². The first-order valence-corrected chi connectivity index (χ1v) is 10.4. The number of rotatable bonds is 7. The number of thioether (sulfide) groups is 1. The Bertz CT molecular complexity index is 851. The number of aryl methyl sites for hydroxylation is 1. The molecule has 8 heteroatoms. The summed E-state index contributed by atoms with van der Waals surface area (Å²) in [4.78, 5) is 2.33. The van der Waals surface area contributed by atoms with E-state index in [1.54, 1.807) is 23.1 Å². The Balaban J connectivity index is 1.78. The van der Waals surface area contributed by atoms with Gasteiger partial charge in [0.05, 0.1) is 5.25 Å². The Morgan fingerprint density at radius 3 is 2.35 bits per heavy atom. The number of benzene rings is 1. The van der Waals surface area contributed by atoms with Crippen LogP contribution in [0.2, 0.25) is 0 Å². The van der Waals surface area contributed by atoms with Gasteiger partial charge in [-0.3, -0.25) is 0 Å². The summed E-state index contributed by atoms with van der Waals surface area (Å²) in [5, 5.41) is 20.2. The minimum Gasteiger partial charge on any atom is -0.372 e. The van der Waals surface area contributed by atoms with Gasteiger partial charge in [-0.1, -0.05) is 11.8 Å². The van der Waals surface area contributed by atoms with E-state index in [-0.39, 0.29) is 5.25 Å². The molecule has 0 aliphatic rings. The SMILES string of the molecule is CCN(CC)c1ccc(-c2nnc(SC(C)c3nnc(C)s3)n2C)cc1. The molecule has 2 aromatic heterocycles. The van der Waals surface area contributed by atoms with Crippen molar-refractivity contribution < 1.29 is 0 Å². The molecule has 3 aromatic rings. The van der Waals surface area contributed by atoms with Gasteiger partial charge in [0, 0.05) is 31.4 Å². The highest BCUT2D eigenvalue weighted by atomic mass is 32.2. The lowest BCUT2D eigenvalue weighted by Crippen LogP contribution is -2.21. The van der Waals surface area contributed by atoms with Crippen molar-refractivity contribution in [1.29, 1.82) is 0 Å². The Morgan fingerprint density at radius 1 is 1.08 bits per heavy atom. The fourth-order valence-corrected chi connectivity index (χ4v) is 4.48. The van der Waals surface area contributed by atoms with Crippen molar-refractivity contribution >= 4 is 28.8 Å². The number of anilines is 1. The molecule has 3 rings (SSSR count). The molecule has 0 fully saturated rings. The topological polar surface area (TPSA) is 59.7 Å². The molecule has 0 aliphatic carbocycles. The molecule has 1 atom stereocenters. The Morgan fingerprint density at radius 2 is 1.77 bits per heavy atom. The monoisotopic (exact) mass is 388 g/mol. The Labute approximate surface area is 162 Å². The third kappa shape index (κ3) is 3.91. The average Bonchev–Trinajstić information content (AvgIpc) is 3.23. The number of aromatic nitrogens is 5. The van der Waals surface area contributed by atoms with Crippen LogP contribution in [-0.4, -0.2) is 38.1 Å². The number of nitrogens with zero attached hydrogens (tertiary/aromatic N) is 6. The standard InChI is InChI=1S/C18H24N6S2/c1-6-24(7-2)15-10-8-14(9-11-15)16-20-22-18(23(16)5)25-12(3)17-21-19-13(4)26-17/h8-12H,6-7H2,1-5H3. The molecular weight excluding hydrogens is 364 g/mol. The third-order valence-corrected chi connectivity index (χ3v) is 6.57. The molecule has 0 radical (unpaired) electrons. The van der Waals surface area contributed by atoms with Gasteiger partial charge in [-0.2, -0.15) is 0 Å². The summed E-state index contributed by atoms with van der Waals surface area (Å²) in [6.45, 7) is 10.4. The van der Waals surface area contributed by atoms with Gasteiger partial charge < -0.3 is 9.47 Å². The first-order valence-electron chi connectivity index (χ1n) is 8.74. The van der Waals surface area contributed by atoms with E-state index in [0.29, 0.717) is 0 Å². The van der Waals surface area contributed by atoms with Gasteiger partial charge >= 0.3 is 0 Å². The smallest absolute Gasteiger partial charge is 0.191 e. The molecule has 0 saturated heterocycles. The summed E-state index contributed by atoms with van der Waals surface area (Å²) in [6.07, 6.45) is 0. The number of hydrogen-bond donors (Lipinski definition) is 0. The molecule has 138 valence electrons. The van der Waals surface area contributed by atoms with Crippen LogP contribution in [0.5, 0.6) is 0 Å². The minimum atomic E-state index is 0.196.